The third-order valence-corrected chi connectivity index (χ3v) is 13.2. The van der Waals surface area contributed by atoms with E-state index in [0.29, 0.717) is 19.3 Å². The molecule has 410 valence electrons. The van der Waals surface area contributed by atoms with Crippen LogP contribution in [0.2, 0.25) is 0 Å². The molecule has 0 spiro atoms. The molecule has 0 fully saturated rings. The van der Waals surface area contributed by atoms with Crippen molar-refractivity contribution in [2.75, 3.05) is 13.2 Å². The molecule has 0 N–H and O–H groups in total. The lowest BCUT2D eigenvalue weighted by molar-refractivity contribution is -0.167. The molecule has 0 unspecified atom stereocenters. The number of ether oxygens (including phenoxy) is 3. The molecule has 0 saturated heterocycles. The Morgan fingerprint density at radius 2 is 0.549 bits per heavy atom. The molecule has 6 nitrogen and oxygen atoms in total. The van der Waals surface area contributed by atoms with E-state index >= 15 is 0 Å². The second kappa shape index (κ2) is 59.4. The molecule has 0 aliphatic heterocycles. The maximum absolute atomic E-state index is 12.9. The van der Waals surface area contributed by atoms with E-state index in [4.69, 9.17) is 14.2 Å². The van der Waals surface area contributed by atoms with Crippen molar-refractivity contribution in [2.24, 2.45) is 0 Å². The molecule has 71 heavy (non-hydrogen) atoms. The van der Waals surface area contributed by atoms with E-state index in [9.17, 15) is 14.4 Å². The number of hydrogen-bond donors (Lipinski definition) is 0. The van der Waals surface area contributed by atoms with Gasteiger partial charge in [-0.25, -0.2) is 0 Å². The Morgan fingerprint density at radius 1 is 0.296 bits per heavy atom. The highest BCUT2D eigenvalue weighted by molar-refractivity contribution is 5.71. The Balaban J connectivity index is 4.42. The smallest absolute Gasteiger partial charge is 0.306 e. The van der Waals surface area contributed by atoms with Crippen LogP contribution in [0, 0.1) is 0 Å². The van der Waals surface area contributed by atoms with Crippen molar-refractivity contribution in [3.63, 3.8) is 0 Å². The molecule has 6 heteroatoms. The van der Waals surface area contributed by atoms with Gasteiger partial charge in [0.25, 0.3) is 0 Å². The van der Waals surface area contributed by atoms with E-state index in [1.807, 2.05) is 0 Å². The first-order valence-corrected chi connectivity index (χ1v) is 30.4. The zero-order valence-corrected chi connectivity index (χ0v) is 47.0. The molecule has 0 amide bonds. The summed E-state index contributed by atoms with van der Waals surface area (Å²) >= 11 is 0. The summed E-state index contributed by atoms with van der Waals surface area (Å²) in [6.07, 6.45) is 76.1. The zero-order valence-electron chi connectivity index (χ0n) is 47.0. The summed E-state index contributed by atoms with van der Waals surface area (Å²) in [5, 5.41) is 0. The van der Waals surface area contributed by atoms with Crippen LogP contribution in [0.1, 0.15) is 303 Å². The molecule has 0 heterocycles. The maximum Gasteiger partial charge on any atom is 0.306 e. The molecule has 0 aromatic carbocycles. The van der Waals surface area contributed by atoms with Crippen LogP contribution in [-0.2, 0) is 28.6 Å². The number of esters is 3. The SMILES string of the molecule is CC/C=C\C/C=C\C/C=C\C/C=C\C/C=C\CCCCCC(=O)OC[C@@H](COC(=O)CCCCCCCCCCCCCCCCC)OC(=O)CCCCCCCCCCC/C=C\CCCCCCCC. The molecule has 0 saturated carbocycles. The molecular weight excluding hydrogens is 877 g/mol. The van der Waals surface area contributed by atoms with Gasteiger partial charge >= 0.3 is 17.9 Å². The fourth-order valence-corrected chi connectivity index (χ4v) is 8.64. The van der Waals surface area contributed by atoms with Gasteiger partial charge in [0.2, 0.25) is 0 Å². The molecule has 0 radical (unpaired) electrons. The van der Waals surface area contributed by atoms with Crippen molar-refractivity contribution in [1.82, 2.24) is 0 Å². The van der Waals surface area contributed by atoms with Crippen molar-refractivity contribution >= 4 is 17.9 Å². The molecule has 0 aromatic heterocycles. The van der Waals surface area contributed by atoms with Crippen LogP contribution in [-0.4, -0.2) is 37.2 Å². The summed E-state index contributed by atoms with van der Waals surface area (Å²) in [7, 11) is 0. The average molecular weight is 992 g/mol. The van der Waals surface area contributed by atoms with Crippen molar-refractivity contribution in [2.45, 2.75) is 309 Å². The Hall–Kier alpha value is -3.15. The molecule has 0 aromatic rings. The zero-order chi connectivity index (χ0) is 51.4. The van der Waals surface area contributed by atoms with Crippen LogP contribution < -0.4 is 0 Å². The van der Waals surface area contributed by atoms with E-state index in [0.717, 1.165) is 96.3 Å². The van der Waals surface area contributed by atoms with Crippen LogP contribution in [0.15, 0.2) is 72.9 Å². The van der Waals surface area contributed by atoms with Crippen LogP contribution in [0.3, 0.4) is 0 Å². The van der Waals surface area contributed by atoms with Gasteiger partial charge in [-0.2, -0.15) is 0 Å². The van der Waals surface area contributed by atoms with Crippen LogP contribution in [0.25, 0.3) is 0 Å². The Bertz CT molecular complexity index is 1320. The Labute approximate surface area is 440 Å². The summed E-state index contributed by atoms with van der Waals surface area (Å²) < 4.78 is 16.9. The van der Waals surface area contributed by atoms with Gasteiger partial charge in [-0.15, -0.1) is 0 Å². The number of unbranched alkanes of at least 4 members (excludes halogenated alkanes) is 32. The summed E-state index contributed by atoms with van der Waals surface area (Å²) in [6.45, 7) is 6.53. The topological polar surface area (TPSA) is 78.9 Å². The van der Waals surface area contributed by atoms with Crippen molar-refractivity contribution in [1.29, 1.82) is 0 Å². The van der Waals surface area contributed by atoms with Crippen LogP contribution in [0.5, 0.6) is 0 Å². The molecular formula is C65H114O6. The number of allylic oxidation sites excluding steroid dienone is 12. The third kappa shape index (κ3) is 57.6. The Kier molecular flexibility index (Phi) is 56.8. The van der Waals surface area contributed by atoms with Gasteiger partial charge in [0.1, 0.15) is 13.2 Å². The van der Waals surface area contributed by atoms with Gasteiger partial charge in [-0.05, 0) is 89.9 Å². The highest BCUT2D eigenvalue weighted by atomic mass is 16.6. The summed E-state index contributed by atoms with van der Waals surface area (Å²) in [5.74, 6) is -0.906. The quantitative estimate of drug-likeness (QED) is 0.0261. The fourth-order valence-electron chi connectivity index (χ4n) is 8.64. The largest absolute Gasteiger partial charge is 0.462 e. The first kappa shape index (κ1) is 67.8. The monoisotopic (exact) mass is 991 g/mol. The molecule has 0 aliphatic carbocycles. The lowest BCUT2D eigenvalue weighted by Gasteiger charge is -2.18. The van der Waals surface area contributed by atoms with Gasteiger partial charge in [0, 0.05) is 19.3 Å². The molecule has 0 aliphatic rings. The highest BCUT2D eigenvalue weighted by Gasteiger charge is 2.19. The second-order valence-electron chi connectivity index (χ2n) is 20.2. The van der Waals surface area contributed by atoms with Gasteiger partial charge in [0.05, 0.1) is 0 Å². The maximum atomic E-state index is 12.9. The summed E-state index contributed by atoms with van der Waals surface area (Å²) in [4.78, 5) is 38.2. The van der Waals surface area contributed by atoms with E-state index in [-0.39, 0.29) is 31.1 Å². The second-order valence-corrected chi connectivity index (χ2v) is 20.2. The van der Waals surface area contributed by atoms with Crippen molar-refractivity contribution in [3.05, 3.63) is 72.9 Å². The summed E-state index contributed by atoms with van der Waals surface area (Å²) in [5.41, 5.74) is 0. The Morgan fingerprint density at radius 3 is 0.887 bits per heavy atom. The minimum atomic E-state index is -0.789. The summed E-state index contributed by atoms with van der Waals surface area (Å²) in [6, 6.07) is 0. The normalized spacial score (nSPS) is 12.5. The predicted octanol–water partition coefficient (Wildman–Crippen LogP) is 20.5. The third-order valence-electron chi connectivity index (χ3n) is 13.2. The predicted molar refractivity (Wildman–Crippen MR) is 307 cm³/mol. The van der Waals surface area contributed by atoms with Gasteiger partial charge in [-0.3, -0.25) is 14.4 Å². The van der Waals surface area contributed by atoms with Gasteiger partial charge in [-0.1, -0.05) is 267 Å². The standard InChI is InChI=1S/C65H114O6/c1-4-7-10-13-16-19-22-25-28-30-32-34-37-40-43-46-49-52-55-58-64(67)70-61-62(60-69-63(66)57-54-51-48-45-42-39-36-27-24-21-18-15-12-9-6-3)71-65(68)59-56-53-50-47-44-41-38-35-33-31-29-26-23-20-17-14-11-8-5-2/h7,10,16,19,25-26,28-29,32,34,40,43,62H,4-6,8-9,11-15,17-18,20-24,27,30-31,33,35-39,41-42,44-61H2,1-3H3/b10-7-,19-16-,28-25-,29-26-,34-32-,43-40-/t62-/m1/s1. The van der Waals surface area contributed by atoms with E-state index in [1.54, 1.807) is 0 Å². The number of rotatable bonds is 55. The number of carbonyl (C=O) groups is 3. The van der Waals surface area contributed by atoms with E-state index < -0.39 is 6.10 Å². The van der Waals surface area contributed by atoms with Crippen molar-refractivity contribution < 1.29 is 28.6 Å². The minimum absolute atomic E-state index is 0.0840. The lowest BCUT2D eigenvalue weighted by Crippen LogP contribution is -2.30. The van der Waals surface area contributed by atoms with Gasteiger partial charge in [0.15, 0.2) is 6.10 Å². The highest BCUT2D eigenvalue weighted by Crippen LogP contribution is 2.16. The van der Waals surface area contributed by atoms with Crippen LogP contribution >= 0.6 is 0 Å². The average Bonchev–Trinajstić information content (AvgIpc) is 3.37. The number of hydrogen-bond acceptors (Lipinski definition) is 6. The molecule has 0 rings (SSSR count). The minimum Gasteiger partial charge on any atom is -0.462 e. The van der Waals surface area contributed by atoms with Crippen molar-refractivity contribution in [3.8, 4) is 0 Å². The van der Waals surface area contributed by atoms with E-state index in [2.05, 4.69) is 93.7 Å². The lowest BCUT2D eigenvalue weighted by atomic mass is 10.0. The fraction of sp³-hybridized carbons (Fsp3) is 0.769. The number of carbonyl (C=O) groups excluding carboxylic acids is 3. The van der Waals surface area contributed by atoms with Gasteiger partial charge < -0.3 is 14.2 Å². The van der Waals surface area contributed by atoms with Crippen LogP contribution in [0.4, 0.5) is 0 Å². The molecule has 0 bridgehead atoms. The first-order valence-electron chi connectivity index (χ1n) is 30.4. The molecule has 1 atom stereocenters. The van der Waals surface area contributed by atoms with E-state index in [1.165, 1.54) is 167 Å². The first-order chi connectivity index (χ1) is 35.0.